The van der Waals surface area contributed by atoms with E-state index in [0.717, 1.165) is 11.1 Å². The van der Waals surface area contributed by atoms with Gasteiger partial charge in [0.2, 0.25) is 0 Å². The van der Waals surface area contributed by atoms with Crippen LogP contribution in [0.25, 0.3) is 0 Å². The molecule has 1 heterocycles. The summed E-state index contributed by atoms with van der Waals surface area (Å²) in [6, 6.07) is 12.2. The number of ether oxygens (including phenoxy) is 1. The summed E-state index contributed by atoms with van der Waals surface area (Å²) < 4.78 is 29.2. The number of nitrogens with zero attached hydrogens (tertiary/aromatic N) is 1. The Morgan fingerprint density at radius 1 is 1.12 bits per heavy atom. The summed E-state index contributed by atoms with van der Waals surface area (Å²) in [6.07, 6.45) is 1.57. The number of carbonyl (C=O) groups is 1. The highest BCUT2D eigenvalue weighted by Gasteiger charge is 2.33. The van der Waals surface area contributed by atoms with Crippen LogP contribution >= 0.6 is 0 Å². The third-order valence-electron chi connectivity index (χ3n) is 4.28. The molecule has 1 aliphatic rings. The van der Waals surface area contributed by atoms with Gasteiger partial charge in [0.25, 0.3) is 5.91 Å². The molecule has 0 saturated heterocycles. The van der Waals surface area contributed by atoms with Crippen LogP contribution < -0.4 is 9.64 Å². The van der Waals surface area contributed by atoms with Gasteiger partial charge in [0.05, 0.1) is 24.5 Å². The molecule has 5 nitrogen and oxygen atoms in total. The number of rotatable bonds is 4. The zero-order valence-corrected chi connectivity index (χ0v) is 15.8. The van der Waals surface area contributed by atoms with E-state index in [9.17, 15) is 13.2 Å². The Labute approximate surface area is 153 Å². The first-order valence-corrected chi connectivity index (χ1v) is 9.98. The molecule has 1 aliphatic heterocycles. The lowest BCUT2D eigenvalue weighted by Gasteiger charge is -2.29. The van der Waals surface area contributed by atoms with Gasteiger partial charge < -0.3 is 9.64 Å². The van der Waals surface area contributed by atoms with E-state index in [2.05, 4.69) is 0 Å². The Hall–Kier alpha value is -2.60. The van der Waals surface area contributed by atoms with Gasteiger partial charge in [-0.3, -0.25) is 4.79 Å². The van der Waals surface area contributed by atoms with Crippen LogP contribution in [0.3, 0.4) is 0 Å². The number of para-hydroxylation sites is 1. The number of hydrogen-bond acceptors (Lipinski definition) is 4. The van der Waals surface area contributed by atoms with E-state index in [1.54, 1.807) is 35.2 Å². The number of aryl methyl sites for hydroxylation is 2. The van der Waals surface area contributed by atoms with Crippen LogP contribution in [-0.4, -0.2) is 33.2 Å². The van der Waals surface area contributed by atoms with Crippen molar-refractivity contribution in [2.24, 2.45) is 0 Å². The molecule has 0 aromatic heterocycles. The van der Waals surface area contributed by atoms with Gasteiger partial charge >= 0.3 is 0 Å². The highest BCUT2D eigenvalue weighted by molar-refractivity contribution is 7.94. The molecule has 6 heteroatoms. The lowest BCUT2D eigenvalue weighted by atomic mass is 10.1. The number of methoxy groups -OCH3 is 1. The van der Waals surface area contributed by atoms with E-state index in [4.69, 9.17) is 4.74 Å². The molecule has 0 spiro atoms. The van der Waals surface area contributed by atoms with Crippen LogP contribution in [0.1, 0.15) is 21.5 Å². The van der Waals surface area contributed by atoms with E-state index in [1.807, 2.05) is 32.0 Å². The first-order chi connectivity index (χ1) is 12.3. The molecule has 0 N–H and O–H groups in total. The lowest BCUT2D eigenvalue weighted by Crippen LogP contribution is -2.41. The largest absolute Gasteiger partial charge is 0.496 e. The second-order valence-corrected chi connectivity index (χ2v) is 8.38. The van der Waals surface area contributed by atoms with Gasteiger partial charge in [-0.1, -0.05) is 18.2 Å². The molecule has 0 saturated carbocycles. The maximum atomic E-state index is 13.4. The summed E-state index contributed by atoms with van der Waals surface area (Å²) in [5.41, 5.74) is 3.07. The lowest BCUT2D eigenvalue weighted by molar-refractivity contribution is 0.0980. The molecule has 2 aromatic carbocycles. The van der Waals surface area contributed by atoms with Crippen molar-refractivity contribution in [2.75, 3.05) is 17.8 Å². The van der Waals surface area contributed by atoms with E-state index in [1.165, 1.54) is 12.5 Å². The minimum Gasteiger partial charge on any atom is -0.496 e. The predicted molar refractivity (Wildman–Crippen MR) is 102 cm³/mol. The van der Waals surface area contributed by atoms with Crippen LogP contribution in [0.5, 0.6) is 5.75 Å². The Balaban J connectivity index is 2.11. The smallest absolute Gasteiger partial charge is 0.262 e. The summed E-state index contributed by atoms with van der Waals surface area (Å²) >= 11 is 0. The average molecular weight is 371 g/mol. The SMILES string of the molecule is COc1ccccc1C(=O)N(c1cc(C)cc(C)c1)[C@H]1C=CS(=O)(=O)C1. The van der Waals surface area contributed by atoms with Gasteiger partial charge in [0, 0.05) is 11.1 Å². The van der Waals surface area contributed by atoms with Crippen LogP contribution in [0.15, 0.2) is 53.9 Å². The predicted octanol–water partition coefficient (Wildman–Crippen LogP) is 3.27. The fraction of sp³-hybridized carbons (Fsp3) is 0.250. The van der Waals surface area contributed by atoms with Crippen molar-refractivity contribution in [1.82, 2.24) is 0 Å². The van der Waals surface area contributed by atoms with Crippen molar-refractivity contribution in [1.29, 1.82) is 0 Å². The van der Waals surface area contributed by atoms with Crippen molar-refractivity contribution >= 4 is 21.4 Å². The second-order valence-electron chi connectivity index (χ2n) is 6.45. The summed E-state index contributed by atoms with van der Waals surface area (Å²) in [5.74, 6) is 0.0388. The van der Waals surface area contributed by atoms with Gasteiger partial charge in [-0.2, -0.15) is 0 Å². The van der Waals surface area contributed by atoms with E-state index < -0.39 is 15.9 Å². The van der Waals surface area contributed by atoms with Crippen molar-refractivity contribution in [3.8, 4) is 5.75 Å². The van der Waals surface area contributed by atoms with Gasteiger partial charge in [-0.15, -0.1) is 0 Å². The Bertz CT molecular complexity index is 959. The summed E-state index contributed by atoms with van der Waals surface area (Å²) in [5, 5.41) is 1.18. The van der Waals surface area contributed by atoms with E-state index >= 15 is 0 Å². The summed E-state index contributed by atoms with van der Waals surface area (Å²) in [6.45, 7) is 3.90. The summed E-state index contributed by atoms with van der Waals surface area (Å²) in [7, 11) is -1.80. The van der Waals surface area contributed by atoms with Crippen molar-refractivity contribution in [2.45, 2.75) is 19.9 Å². The number of carbonyl (C=O) groups excluding carboxylic acids is 1. The zero-order valence-electron chi connectivity index (χ0n) is 15.0. The first kappa shape index (κ1) is 18.2. The third kappa shape index (κ3) is 3.65. The van der Waals surface area contributed by atoms with Gasteiger partial charge in [-0.25, -0.2) is 8.42 Å². The van der Waals surface area contributed by atoms with Crippen LogP contribution in [-0.2, 0) is 9.84 Å². The maximum Gasteiger partial charge on any atom is 0.262 e. The van der Waals surface area contributed by atoms with Crippen LogP contribution in [0.2, 0.25) is 0 Å². The quantitative estimate of drug-likeness (QED) is 0.827. The fourth-order valence-corrected chi connectivity index (χ4v) is 4.49. The monoisotopic (exact) mass is 371 g/mol. The minimum atomic E-state index is -3.31. The molecular formula is C20H21NO4S. The molecule has 0 radical (unpaired) electrons. The third-order valence-corrected chi connectivity index (χ3v) is 5.66. The molecule has 0 bridgehead atoms. The molecule has 2 aromatic rings. The molecule has 1 amide bonds. The normalized spacial score (nSPS) is 17.9. The molecule has 3 rings (SSSR count). The van der Waals surface area contributed by atoms with Gasteiger partial charge in [-0.05, 0) is 55.3 Å². The molecule has 136 valence electrons. The number of anilines is 1. The Morgan fingerprint density at radius 3 is 2.35 bits per heavy atom. The molecule has 1 atom stereocenters. The Kier molecular flexibility index (Phi) is 4.87. The highest BCUT2D eigenvalue weighted by Crippen LogP contribution is 2.29. The van der Waals surface area contributed by atoms with E-state index in [-0.39, 0.29) is 11.7 Å². The van der Waals surface area contributed by atoms with Crippen molar-refractivity contribution in [3.05, 3.63) is 70.6 Å². The maximum absolute atomic E-state index is 13.4. The number of benzene rings is 2. The summed E-state index contributed by atoms with van der Waals surface area (Å²) in [4.78, 5) is 14.9. The second kappa shape index (κ2) is 6.96. The van der Waals surface area contributed by atoms with Crippen LogP contribution in [0.4, 0.5) is 5.69 Å². The molecule has 26 heavy (non-hydrogen) atoms. The zero-order chi connectivity index (χ0) is 18.9. The number of hydrogen-bond donors (Lipinski definition) is 0. The fourth-order valence-electron chi connectivity index (χ4n) is 3.22. The topological polar surface area (TPSA) is 63.7 Å². The van der Waals surface area contributed by atoms with Crippen molar-refractivity contribution in [3.63, 3.8) is 0 Å². The standard InChI is InChI=1S/C20H21NO4S/c1-14-10-15(2)12-17(11-14)21(16-8-9-26(23,24)13-16)20(22)18-6-4-5-7-19(18)25-3/h4-12,16H,13H2,1-3H3/t16-/m0/s1. The van der Waals surface area contributed by atoms with Gasteiger partial charge in [0.1, 0.15) is 5.75 Å². The molecular weight excluding hydrogens is 350 g/mol. The Morgan fingerprint density at radius 2 is 1.77 bits per heavy atom. The molecule has 0 fully saturated rings. The highest BCUT2D eigenvalue weighted by atomic mass is 32.2. The average Bonchev–Trinajstić information content (AvgIpc) is 2.93. The number of sulfone groups is 1. The van der Waals surface area contributed by atoms with Crippen molar-refractivity contribution < 1.29 is 17.9 Å². The molecule has 0 unspecified atom stereocenters. The first-order valence-electron chi connectivity index (χ1n) is 8.26. The molecule has 0 aliphatic carbocycles. The van der Waals surface area contributed by atoms with Gasteiger partial charge in [0.15, 0.2) is 9.84 Å². The number of amides is 1. The van der Waals surface area contributed by atoms with Crippen LogP contribution in [0, 0.1) is 13.8 Å². The van der Waals surface area contributed by atoms with E-state index in [0.29, 0.717) is 17.0 Å². The minimum absolute atomic E-state index is 0.124.